The van der Waals surface area contributed by atoms with Crippen LogP contribution in [0, 0.1) is 0 Å². The molecule has 0 aromatic carbocycles. The van der Waals surface area contributed by atoms with Crippen LogP contribution in [0.5, 0.6) is 0 Å². The number of aromatic nitrogens is 1. The van der Waals surface area contributed by atoms with E-state index in [1.807, 2.05) is 0 Å². The predicted molar refractivity (Wildman–Crippen MR) is 49.5 cm³/mol. The molecule has 0 radical (unpaired) electrons. The molecule has 0 spiro atoms. The number of nitrogens with one attached hydrogen (secondary N) is 2. The second-order valence-corrected chi connectivity index (χ2v) is 3.36. The molecule has 1 atom stereocenters. The summed E-state index contributed by atoms with van der Waals surface area (Å²) in [6.07, 6.45) is 3.75. The number of oxazole rings is 1. The Balaban J connectivity index is 1.80. The Labute approximate surface area is 86.1 Å². The molecule has 0 saturated carbocycles. The normalized spacial score (nSPS) is 20.0. The zero-order valence-electron chi connectivity index (χ0n) is 8.03. The van der Waals surface area contributed by atoms with Crippen molar-refractivity contribution in [1.82, 2.24) is 15.6 Å². The maximum atomic E-state index is 11.5. The average molecular weight is 209 g/mol. The van der Waals surface area contributed by atoms with Gasteiger partial charge in [0.15, 0.2) is 6.39 Å². The number of carbonyl (C=O) groups is 2. The van der Waals surface area contributed by atoms with Gasteiger partial charge >= 0.3 is 0 Å². The van der Waals surface area contributed by atoms with Crippen molar-refractivity contribution in [2.75, 3.05) is 0 Å². The van der Waals surface area contributed by atoms with Crippen LogP contribution in [-0.2, 0) is 16.1 Å². The molecule has 15 heavy (non-hydrogen) atoms. The summed E-state index contributed by atoms with van der Waals surface area (Å²) in [4.78, 5) is 26.2. The van der Waals surface area contributed by atoms with Crippen LogP contribution >= 0.6 is 0 Å². The lowest BCUT2D eigenvalue weighted by molar-refractivity contribution is -0.125. The van der Waals surface area contributed by atoms with Crippen molar-refractivity contribution >= 4 is 11.8 Å². The first kappa shape index (κ1) is 9.70. The van der Waals surface area contributed by atoms with Gasteiger partial charge in [-0.2, -0.15) is 0 Å². The fourth-order valence-electron chi connectivity index (χ4n) is 1.44. The van der Waals surface area contributed by atoms with Crippen molar-refractivity contribution in [3.8, 4) is 0 Å². The van der Waals surface area contributed by atoms with Crippen LogP contribution in [-0.4, -0.2) is 22.8 Å². The van der Waals surface area contributed by atoms with E-state index in [0.717, 1.165) is 0 Å². The van der Waals surface area contributed by atoms with Gasteiger partial charge in [-0.1, -0.05) is 0 Å². The molecule has 2 rings (SSSR count). The minimum absolute atomic E-state index is 0.0726. The summed E-state index contributed by atoms with van der Waals surface area (Å²) in [7, 11) is 0. The van der Waals surface area contributed by atoms with Gasteiger partial charge in [0.1, 0.15) is 12.3 Å². The molecule has 1 aliphatic heterocycles. The molecular formula is C9H11N3O3. The molecule has 80 valence electrons. The molecule has 1 aliphatic rings. The fourth-order valence-corrected chi connectivity index (χ4v) is 1.44. The number of rotatable bonds is 3. The minimum atomic E-state index is -0.399. The van der Waals surface area contributed by atoms with E-state index in [2.05, 4.69) is 15.6 Å². The lowest BCUT2D eigenvalue weighted by Gasteiger charge is -2.09. The Morgan fingerprint density at radius 3 is 3.20 bits per heavy atom. The SMILES string of the molecule is O=C1CCC(C(=O)NCc2cocn2)N1. The van der Waals surface area contributed by atoms with Gasteiger partial charge < -0.3 is 15.1 Å². The number of hydrogen-bond acceptors (Lipinski definition) is 4. The first-order valence-electron chi connectivity index (χ1n) is 4.70. The Bertz CT molecular complexity index is 361. The summed E-state index contributed by atoms with van der Waals surface area (Å²) in [5.74, 6) is -0.250. The Hall–Kier alpha value is -1.85. The molecule has 0 bridgehead atoms. The van der Waals surface area contributed by atoms with Gasteiger partial charge in [-0.05, 0) is 6.42 Å². The number of carbonyl (C=O) groups excluding carboxylic acids is 2. The second-order valence-electron chi connectivity index (χ2n) is 3.36. The molecule has 6 heteroatoms. The maximum absolute atomic E-state index is 11.5. The van der Waals surface area contributed by atoms with Crippen LogP contribution in [0.4, 0.5) is 0 Å². The van der Waals surface area contributed by atoms with Crippen molar-refractivity contribution in [3.05, 3.63) is 18.4 Å². The highest BCUT2D eigenvalue weighted by atomic mass is 16.3. The zero-order valence-corrected chi connectivity index (χ0v) is 8.03. The standard InChI is InChI=1S/C9H11N3O3/c13-8-2-1-7(12-8)9(14)10-3-6-4-15-5-11-6/h4-5,7H,1-3H2,(H,10,14)(H,12,13). The largest absolute Gasteiger partial charge is 0.451 e. The highest BCUT2D eigenvalue weighted by Crippen LogP contribution is 2.06. The van der Waals surface area contributed by atoms with E-state index in [-0.39, 0.29) is 11.8 Å². The van der Waals surface area contributed by atoms with Crippen molar-refractivity contribution in [2.45, 2.75) is 25.4 Å². The van der Waals surface area contributed by atoms with E-state index in [9.17, 15) is 9.59 Å². The average Bonchev–Trinajstić information content (AvgIpc) is 2.84. The molecule has 2 amide bonds. The van der Waals surface area contributed by atoms with Gasteiger partial charge in [0.25, 0.3) is 0 Å². The summed E-state index contributed by atoms with van der Waals surface area (Å²) in [5, 5.41) is 5.26. The summed E-state index contributed by atoms with van der Waals surface area (Å²) in [5.41, 5.74) is 0.660. The van der Waals surface area contributed by atoms with Gasteiger partial charge in [0.2, 0.25) is 11.8 Å². The van der Waals surface area contributed by atoms with E-state index in [4.69, 9.17) is 4.42 Å². The third kappa shape index (κ3) is 2.34. The van der Waals surface area contributed by atoms with Crippen LogP contribution in [0.1, 0.15) is 18.5 Å². The van der Waals surface area contributed by atoms with Crippen LogP contribution in [0.2, 0.25) is 0 Å². The van der Waals surface area contributed by atoms with Crippen LogP contribution in [0.25, 0.3) is 0 Å². The van der Waals surface area contributed by atoms with E-state index < -0.39 is 6.04 Å². The van der Waals surface area contributed by atoms with Crippen LogP contribution < -0.4 is 10.6 Å². The van der Waals surface area contributed by atoms with Crippen molar-refractivity contribution < 1.29 is 14.0 Å². The highest BCUT2D eigenvalue weighted by Gasteiger charge is 2.26. The van der Waals surface area contributed by atoms with Gasteiger partial charge in [-0.15, -0.1) is 0 Å². The minimum Gasteiger partial charge on any atom is -0.451 e. The van der Waals surface area contributed by atoms with Crippen molar-refractivity contribution in [1.29, 1.82) is 0 Å². The van der Waals surface area contributed by atoms with Crippen LogP contribution in [0.15, 0.2) is 17.1 Å². The molecular weight excluding hydrogens is 198 g/mol. The van der Waals surface area contributed by atoms with Crippen LogP contribution in [0.3, 0.4) is 0 Å². The topological polar surface area (TPSA) is 84.2 Å². The first-order valence-corrected chi connectivity index (χ1v) is 4.70. The first-order chi connectivity index (χ1) is 7.25. The molecule has 0 aliphatic carbocycles. The van der Waals surface area contributed by atoms with Gasteiger partial charge in [-0.3, -0.25) is 9.59 Å². The molecule has 1 aromatic rings. The maximum Gasteiger partial charge on any atom is 0.242 e. The number of nitrogens with zero attached hydrogens (tertiary/aromatic N) is 1. The van der Waals surface area contributed by atoms with E-state index in [1.165, 1.54) is 12.7 Å². The molecule has 1 saturated heterocycles. The quantitative estimate of drug-likeness (QED) is 0.707. The predicted octanol–water partition coefficient (Wildman–Crippen LogP) is -0.431. The van der Waals surface area contributed by atoms with Crippen molar-refractivity contribution in [3.63, 3.8) is 0 Å². The Kier molecular flexibility index (Phi) is 2.66. The molecule has 1 unspecified atom stereocenters. The third-order valence-corrected chi connectivity index (χ3v) is 2.24. The Morgan fingerprint density at radius 2 is 2.60 bits per heavy atom. The van der Waals surface area contributed by atoms with Gasteiger partial charge in [0, 0.05) is 6.42 Å². The summed E-state index contributed by atoms with van der Waals surface area (Å²) < 4.78 is 4.76. The third-order valence-electron chi connectivity index (χ3n) is 2.24. The molecule has 2 N–H and O–H groups in total. The molecule has 2 heterocycles. The zero-order chi connectivity index (χ0) is 10.7. The highest BCUT2D eigenvalue weighted by molar-refractivity contribution is 5.90. The van der Waals surface area contributed by atoms with E-state index in [0.29, 0.717) is 25.1 Å². The summed E-state index contributed by atoms with van der Waals surface area (Å²) in [6, 6.07) is -0.399. The smallest absolute Gasteiger partial charge is 0.242 e. The monoisotopic (exact) mass is 209 g/mol. The summed E-state index contributed by atoms with van der Waals surface area (Å²) in [6.45, 7) is 0.321. The number of amides is 2. The number of hydrogen-bond donors (Lipinski definition) is 2. The Morgan fingerprint density at radius 1 is 1.73 bits per heavy atom. The van der Waals surface area contributed by atoms with Crippen molar-refractivity contribution in [2.24, 2.45) is 0 Å². The lowest BCUT2D eigenvalue weighted by Crippen LogP contribution is -2.41. The molecule has 6 nitrogen and oxygen atoms in total. The van der Waals surface area contributed by atoms with Gasteiger partial charge in [0.05, 0.1) is 12.2 Å². The van der Waals surface area contributed by atoms with E-state index in [1.54, 1.807) is 0 Å². The second kappa shape index (κ2) is 4.12. The lowest BCUT2D eigenvalue weighted by atomic mass is 10.2. The molecule has 1 fully saturated rings. The fraction of sp³-hybridized carbons (Fsp3) is 0.444. The van der Waals surface area contributed by atoms with Gasteiger partial charge in [-0.25, -0.2) is 4.98 Å². The molecule has 1 aromatic heterocycles. The summed E-state index contributed by atoms with van der Waals surface area (Å²) >= 11 is 0. The van der Waals surface area contributed by atoms with E-state index >= 15 is 0 Å².